The average molecular weight is 438 g/mol. The van der Waals surface area contributed by atoms with Crippen LogP contribution in [-0.4, -0.2) is 37.3 Å². The highest BCUT2D eigenvalue weighted by Crippen LogP contribution is 2.30. The second-order valence-electron chi connectivity index (χ2n) is 6.10. The lowest BCUT2D eigenvalue weighted by molar-refractivity contribution is -0.132. The van der Waals surface area contributed by atoms with E-state index < -0.39 is 10.0 Å². The topological polar surface area (TPSA) is 79.4 Å². The molecule has 8 heteroatoms. The minimum atomic E-state index is -3.63. The third-order valence-electron chi connectivity index (χ3n) is 4.34. The van der Waals surface area contributed by atoms with Gasteiger partial charge in [0.05, 0.1) is 16.6 Å². The Morgan fingerprint density at radius 2 is 2.12 bits per heavy atom. The highest BCUT2D eigenvalue weighted by atomic mass is 79.9. The summed E-state index contributed by atoms with van der Waals surface area (Å²) in [5.74, 6) is -0.0601. The first-order valence-electron chi connectivity index (χ1n) is 8.43. The molecule has 3 rings (SSSR count). The van der Waals surface area contributed by atoms with Gasteiger partial charge in [0.1, 0.15) is 0 Å². The molecule has 1 aliphatic rings. The molecule has 1 N–H and O–H groups in total. The van der Waals surface area contributed by atoms with E-state index in [0.717, 1.165) is 18.5 Å². The molecule has 6 nitrogen and oxygen atoms in total. The van der Waals surface area contributed by atoms with E-state index in [4.69, 9.17) is 0 Å². The maximum atomic E-state index is 12.6. The van der Waals surface area contributed by atoms with Gasteiger partial charge in [-0.2, -0.15) is 0 Å². The van der Waals surface area contributed by atoms with Gasteiger partial charge in [-0.25, -0.2) is 13.1 Å². The molecular weight excluding hydrogens is 418 g/mol. The number of carbonyl (C=O) groups excluding carboxylic acids is 1. The van der Waals surface area contributed by atoms with Crippen LogP contribution in [0.25, 0.3) is 0 Å². The Labute approximate surface area is 161 Å². The second-order valence-corrected chi connectivity index (χ2v) is 8.79. The smallest absolute Gasteiger partial charge is 0.240 e. The number of sulfonamides is 1. The Kier molecular flexibility index (Phi) is 6.05. The third-order valence-corrected chi connectivity index (χ3v) is 6.29. The standard InChI is InChI=1S/C18H20BrN3O3S/c19-14-5-3-6-15(13-14)26(24,25)21-11-9-18(23)22-12-4-8-17(22)16-7-1-2-10-20-16/h1-3,5-7,10,13,17,21H,4,8-9,11-12H2. The van der Waals surface area contributed by atoms with Crippen LogP contribution in [-0.2, 0) is 14.8 Å². The summed E-state index contributed by atoms with van der Waals surface area (Å²) in [6.45, 7) is 0.748. The number of amides is 1. The fraction of sp³-hybridized carbons (Fsp3) is 0.333. The van der Waals surface area contributed by atoms with Crippen LogP contribution in [0.2, 0.25) is 0 Å². The molecule has 0 saturated carbocycles. The summed E-state index contributed by atoms with van der Waals surface area (Å²) in [6, 6.07) is 12.1. The van der Waals surface area contributed by atoms with Crippen molar-refractivity contribution in [1.82, 2.24) is 14.6 Å². The minimum absolute atomic E-state index is 0.0228. The van der Waals surface area contributed by atoms with Crippen LogP contribution < -0.4 is 4.72 Å². The number of hydrogen-bond acceptors (Lipinski definition) is 4. The molecule has 1 amide bonds. The molecule has 0 radical (unpaired) electrons. The first-order chi connectivity index (χ1) is 12.5. The van der Waals surface area contributed by atoms with Gasteiger partial charge in [-0.3, -0.25) is 9.78 Å². The van der Waals surface area contributed by atoms with Crippen molar-refractivity contribution in [2.24, 2.45) is 0 Å². The number of nitrogens with one attached hydrogen (secondary N) is 1. The number of aromatic nitrogens is 1. The first kappa shape index (κ1) is 19.0. The highest BCUT2D eigenvalue weighted by Gasteiger charge is 2.30. The molecule has 1 saturated heterocycles. The SMILES string of the molecule is O=C(CCNS(=O)(=O)c1cccc(Br)c1)N1CCCC1c1ccccn1. The van der Waals surface area contributed by atoms with E-state index in [0.29, 0.717) is 11.0 Å². The van der Waals surface area contributed by atoms with Gasteiger partial charge >= 0.3 is 0 Å². The third kappa shape index (κ3) is 4.49. The molecular formula is C18H20BrN3O3S. The van der Waals surface area contributed by atoms with Gasteiger partial charge in [-0.05, 0) is 43.2 Å². The number of carbonyl (C=O) groups is 1. The number of pyridine rings is 1. The largest absolute Gasteiger partial charge is 0.334 e. The normalized spacial score (nSPS) is 17.4. The van der Waals surface area contributed by atoms with Gasteiger partial charge in [0, 0.05) is 30.2 Å². The Morgan fingerprint density at radius 3 is 2.85 bits per heavy atom. The lowest BCUT2D eigenvalue weighted by atomic mass is 10.1. The summed E-state index contributed by atoms with van der Waals surface area (Å²) in [4.78, 5) is 18.9. The predicted octanol–water partition coefficient (Wildman–Crippen LogP) is 2.88. The van der Waals surface area contributed by atoms with E-state index in [-0.39, 0.29) is 29.8 Å². The monoisotopic (exact) mass is 437 g/mol. The number of hydrogen-bond donors (Lipinski definition) is 1. The molecule has 2 heterocycles. The van der Waals surface area contributed by atoms with Crippen molar-refractivity contribution in [3.63, 3.8) is 0 Å². The zero-order chi connectivity index (χ0) is 18.6. The Balaban J connectivity index is 1.58. The molecule has 138 valence electrons. The van der Waals surface area contributed by atoms with Gasteiger partial charge in [-0.15, -0.1) is 0 Å². The van der Waals surface area contributed by atoms with Crippen LogP contribution in [0.15, 0.2) is 58.0 Å². The van der Waals surface area contributed by atoms with Crippen LogP contribution in [0.3, 0.4) is 0 Å². The van der Waals surface area contributed by atoms with E-state index in [1.54, 1.807) is 23.2 Å². The van der Waals surface area contributed by atoms with E-state index >= 15 is 0 Å². The van der Waals surface area contributed by atoms with Crippen LogP contribution in [0.1, 0.15) is 31.0 Å². The van der Waals surface area contributed by atoms with Crippen LogP contribution in [0.5, 0.6) is 0 Å². The summed E-state index contributed by atoms with van der Waals surface area (Å²) < 4.78 is 27.8. The van der Waals surface area contributed by atoms with E-state index in [2.05, 4.69) is 25.6 Å². The fourth-order valence-corrected chi connectivity index (χ4v) is 4.73. The molecule has 0 aliphatic carbocycles. The van der Waals surface area contributed by atoms with Gasteiger partial charge in [-0.1, -0.05) is 28.1 Å². The van der Waals surface area contributed by atoms with Crippen molar-refractivity contribution in [2.75, 3.05) is 13.1 Å². The molecule has 0 spiro atoms. The van der Waals surface area contributed by atoms with Gasteiger partial charge in [0.15, 0.2) is 0 Å². The van der Waals surface area contributed by atoms with Crippen molar-refractivity contribution in [2.45, 2.75) is 30.2 Å². The average Bonchev–Trinajstić information content (AvgIpc) is 3.12. The number of rotatable bonds is 6. The fourth-order valence-electron chi connectivity index (χ4n) is 3.10. The van der Waals surface area contributed by atoms with E-state index in [9.17, 15) is 13.2 Å². The quantitative estimate of drug-likeness (QED) is 0.753. The molecule has 1 aromatic heterocycles. The Bertz CT molecular complexity index is 874. The number of benzene rings is 1. The van der Waals surface area contributed by atoms with Crippen molar-refractivity contribution < 1.29 is 13.2 Å². The summed E-state index contributed by atoms with van der Waals surface area (Å²) in [6.07, 6.45) is 3.66. The van der Waals surface area contributed by atoms with Gasteiger partial charge < -0.3 is 4.90 Å². The molecule has 1 fully saturated rings. The number of nitrogens with zero attached hydrogens (tertiary/aromatic N) is 2. The van der Waals surface area contributed by atoms with Crippen LogP contribution >= 0.6 is 15.9 Å². The van der Waals surface area contributed by atoms with Crippen molar-refractivity contribution >= 4 is 31.9 Å². The summed E-state index contributed by atoms with van der Waals surface area (Å²) in [7, 11) is -3.63. The van der Waals surface area contributed by atoms with E-state index in [1.807, 2.05) is 18.2 Å². The second kappa shape index (κ2) is 8.28. The molecule has 1 aliphatic heterocycles. The van der Waals surface area contributed by atoms with Crippen molar-refractivity contribution in [1.29, 1.82) is 0 Å². The zero-order valence-electron chi connectivity index (χ0n) is 14.1. The Morgan fingerprint density at radius 1 is 1.27 bits per heavy atom. The molecule has 26 heavy (non-hydrogen) atoms. The predicted molar refractivity (Wildman–Crippen MR) is 102 cm³/mol. The number of likely N-dealkylation sites (tertiary alicyclic amines) is 1. The maximum Gasteiger partial charge on any atom is 0.240 e. The molecule has 1 unspecified atom stereocenters. The summed E-state index contributed by atoms with van der Waals surface area (Å²) in [5, 5.41) is 0. The minimum Gasteiger partial charge on any atom is -0.334 e. The molecule has 1 atom stereocenters. The van der Waals surface area contributed by atoms with E-state index in [1.165, 1.54) is 12.1 Å². The Hall–Kier alpha value is -1.77. The van der Waals surface area contributed by atoms with Gasteiger partial charge in [0.2, 0.25) is 15.9 Å². The highest BCUT2D eigenvalue weighted by molar-refractivity contribution is 9.10. The van der Waals surface area contributed by atoms with Crippen molar-refractivity contribution in [3.8, 4) is 0 Å². The summed E-state index contributed by atoms with van der Waals surface area (Å²) >= 11 is 3.26. The summed E-state index contributed by atoms with van der Waals surface area (Å²) in [5.41, 5.74) is 0.882. The molecule has 2 aromatic rings. The van der Waals surface area contributed by atoms with Crippen molar-refractivity contribution in [3.05, 3.63) is 58.8 Å². The lowest BCUT2D eigenvalue weighted by Gasteiger charge is -2.24. The van der Waals surface area contributed by atoms with Gasteiger partial charge in [0.25, 0.3) is 0 Å². The van der Waals surface area contributed by atoms with Crippen LogP contribution in [0, 0.1) is 0 Å². The zero-order valence-corrected chi connectivity index (χ0v) is 16.5. The van der Waals surface area contributed by atoms with Crippen LogP contribution in [0.4, 0.5) is 0 Å². The maximum absolute atomic E-state index is 12.6. The number of halogens is 1. The molecule has 1 aromatic carbocycles. The lowest BCUT2D eigenvalue weighted by Crippen LogP contribution is -2.34. The first-order valence-corrected chi connectivity index (χ1v) is 10.7. The molecule has 0 bridgehead atoms.